The average Bonchev–Trinajstić information content (AvgIpc) is 3.25. The molecule has 130 valence electrons. The highest BCUT2D eigenvalue weighted by Gasteiger charge is 2.37. The number of halogens is 3. The van der Waals surface area contributed by atoms with Crippen LogP contribution < -0.4 is 4.90 Å². The number of carbonyl (C=O) groups excluding carboxylic acids is 1. The first-order valence-electron chi connectivity index (χ1n) is 7.25. The van der Waals surface area contributed by atoms with Gasteiger partial charge in [0.2, 0.25) is 10.1 Å². The predicted octanol–water partition coefficient (Wildman–Crippen LogP) is 1.88. The van der Waals surface area contributed by atoms with E-state index in [9.17, 15) is 18.0 Å². The molecule has 1 aliphatic heterocycles. The Kier molecular flexibility index (Phi) is 4.43. The van der Waals surface area contributed by atoms with E-state index in [1.54, 1.807) is 22.9 Å². The molecule has 2 aromatic heterocycles. The van der Waals surface area contributed by atoms with E-state index in [-0.39, 0.29) is 17.0 Å². The first-order valence-corrected chi connectivity index (χ1v) is 8.06. The van der Waals surface area contributed by atoms with E-state index in [1.807, 2.05) is 0 Å². The number of rotatable bonds is 4. The molecule has 0 aromatic carbocycles. The summed E-state index contributed by atoms with van der Waals surface area (Å²) >= 11 is 0.547. The smallest absolute Gasteiger partial charge is 0.346 e. The molecule has 3 heterocycles. The number of nitrogens with zero attached hydrogens (tertiary/aromatic N) is 5. The molecule has 24 heavy (non-hydrogen) atoms. The van der Waals surface area contributed by atoms with E-state index in [0.717, 1.165) is 6.42 Å². The third-order valence-corrected chi connectivity index (χ3v) is 4.85. The molecule has 1 saturated heterocycles. The van der Waals surface area contributed by atoms with Crippen molar-refractivity contribution in [1.82, 2.24) is 25.3 Å². The minimum atomic E-state index is -4.47. The summed E-state index contributed by atoms with van der Waals surface area (Å²) < 4.78 is 37.8. The van der Waals surface area contributed by atoms with E-state index in [0.29, 0.717) is 36.7 Å². The van der Waals surface area contributed by atoms with Gasteiger partial charge in [-0.2, -0.15) is 18.3 Å². The number of aromatic amines is 1. The molecule has 1 atom stereocenters. The van der Waals surface area contributed by atoms with Crippen molar-refractivity contribution in [3.63, 3.8) is 0 Å². The maximum atomic E-state index is 12.6. The molecular weight excluding hydrogens is 345 g/mol. The van der Waals surface area contributed by atoms with Gasteiger partial charge in [0.25, 0.3) is 5.91 Å². The Balaban J connectivity index is 1.57. The van der Waals surface area contributed by atoms with Crippen molar-refractivity contribution in [2.75, 3.05) is 31.6 Å². The van der Waals surface area contributed by atoms with Crippen molar-refractivity contribution in [3.05, 3.63) is 23.0 Å². The summed E-state index contributed by atoms with van der Waals surface area (Å²) in [5, 5.41) is 12.5. The quantitative estimate of drug-likeness (QED) is 0.901. The molecule has 2 aromatic rings. The van der Waals surface area contributed by atoms with Gasteiger partial charge in [0.05, 0.1) is 0 Å². The van der Waals surface area contributed by atoms with E-state index >= 15 is 0 Å². The second-order valence-corrected chi connectivity index (χ2v) is 6.60. The highest BCUT2D eigenvalue weighted by molar-refractivity contribution is 7.15. The van der Waals surface area contributed by atoms with Crippen molar-refractivity contribution in [2.24, 2.45) is 5.92 Å². The Labute approximate surface area is 139 Å². The fourth-order valence-corrected chi connectivity index (χ4v) is 3.41. The van der Waals surface area contributed by atoms with E-state index in [1.165, 1.54) is 6.20 Å². The maximum Gasteiger partial charge on any atom is 0.445 e. The zero-order chi connectivity index (χ0) is 17.3. The molecule has 3 rings (SSSR count). The van der Waals surface area contributed by atoms with Crippen LogP contribution in [-0.2, 0) is 6.18 Å². The summed E-state index contributed by atoms with van der Waals surface area (Å²) in [4.78, 5) is 15.5. The van der Waals surface area contributed by atoms with Crippen molar-refractivity contribution in [1.29, 1.82) is 0 Å². The Morgan fingerprint density at radius 3 is 2.92 bits per heavy atom. The number of hydrogen-bond donors (Lipinski definition) is 1. The van der Waals surface area contributed by atoms with Crippen LogP contribution in [0.2, 0.25) is 0 Å². The van der Waals surface area contributed by atoms with Crippen molar-refractivity contribution >= 4 is 22.4 Å². The van der Waals surface area contributed by atoms with E-state index in [4.69, 9.17) is 0 Å². The van der Waals surface area contributed by atoms with Gasteiger partial charge < -0.3 is 9.80 Å². The largest absolute Gasteiger partial charge is 0.445 e. The van der Waals surface area contributed by atoms with Crippen LogP contribution in [0.4, 0.5) is 18.3 Å². The van der Waals surface area contributed by atoms with Crippen LogP contribution in [0.3, 0.4) is 0 Å². The van der Waals surface area contributed by atoms with Crippen LogP contribution in [-0.4, -0.2) is 57.9 Å². The van der Waals surface area contributed by atoms with Gasteiger partial charge in [-0.15, -0.1) is 10.2 Å². The maximum absolute atomic E-state index is 12.6. The van der Waals surface area contributed by atoms with Gasteiger partial charge in [-0.25, -0.2) is 0 Å². The standard InChI is InChI=1S/C13H15F3N6OS/c1-21(10(23)9-2-4-17-18-9)6-8-3-5-22(7-8)12-20-19-11(24-12)13(14,15)16/h2,4,8H,3,5-7H2,1H3,(H,17,18). The van der Waals surface area contributed by atoms with Gasteiger partial charge in [-0.1, -0.05) is 11.3 Å². The summed E-state index contributed by atoms with van der Waals surface area (Å²) in [6, 6.07) is 1.60. The van der Waals surface area contributed by atoms with Crippen LogP contribution in [0.15, 0.2) is 12.3 Å². The zero-order valence-electron chi connectivity index (χ0n) is 12.7. The third kappa shape index (κ3) is 3.50. The highest BCUT2D eigenvalue weighted by Crippen LogP contribution is 2.35. The monoisotopic (exact) mass is 360 g/mol. The molecule has 1 amide bonds. The predicted molar refractivity (Wildman–Crippen MR) is 80.8 cm³/mol. The molecule has 0 radical (unpaired) electrons. The van der Waals surface area contributed by atoms with Crippen molar-refractivity contribution in [2.45, 2.75) is 12.6 Å². The summed E-state index contributed by atoms with van der Waals surface area (Å²) in [6.07, 6.45) is -2.18. The fraction of sp³-hybridized carbons (Fsp3) is 0.538. The molecule has 1 N–H and O–H groups in total. The van der Waals surface area contributed by atoms with Crippen molar-refractivity contribution in [3.8, 4) is 0 Å². The van der Waals surface area contributed by atoms with Crippen LogP contribution in [0.1, 0.15) is 21.9 Å². The molecule has 0 bridgehead atoms. The Bertz CT molecular complexity index is 701. The minimum absolute atomic E-state index is 0.166. The Hall–Kier alpha value is -2.17. The Morgan fingerprint density at radius 2 is 2.29 bits per heavy atom. The Morgan fingerprint density at radius 1 is 1.50 bits per heavy atom. The second kappa shape index (κ2) is 6.38. The molecule has 1 aliphatic rings. The lowest BCUT2D eigenvalue weighted by Gasteiger charge is -2.21. The van der Waals surface area contributed by atoms with Gasteiger partial charge in [-0.05, 0) is 18.4 Å². The second-order valence-electron chi connectivity index (χ2n) is 5.64. The number of nitrogens with one attached hydrogen (secondary N) is 1. The van der Waals surface area contributed by atoms with Gasteiger partial charge in [0, 0.05) is 32.9 Å². The summed E-state index contributed by atoms with van der Waals surface area (Å²) in [7, 11) is 1.69. The van der Waals surface area contributed by atoms with Crippen LogP contribution >= 0.6 is 11.3 Å². The number of carbonyl (C=O) groups is 1. The SMILES string of the molecule is CN(CC1CCN(c2nnc(C(F)(F)F)s2)C1)C(=O)c1ccn[nH]1. The summed E-state index contributed by atoms with van der Waals surface area (Å²) in [6.45, 7) is 1.66. The average molecular weight is 360 g/mol. The van der Waals surface area contributed by atoms with Gasteiger partial charge >= 0.3 is 6.18 Å². The molecule has 1 unspecified atom stereocenters. The topological polar surface area (TPSA) is 78.0 Å². The number of H-pyrrole nitrogens is 1. The normalized spacial score (nSPS) is 18.2. The molecular formula is C13H15F3N6OS. The summed E-state index contributed by atoms with van der Waals surface area (Å²) in [5.74, 6) is 0.00123. The number of amides is 1. The van der Waals surface area contributed by atoms with Crippen LogP contribution in [0.25, 0.3) is 0 Å². The molecule has 0 aliphatic carbocycles. The van der Waals surface area contributed by atoms with Gasteiger partial charge in [0.1, 0.15) is 5.69 Å². The lowest BCUT2D eigenvalue weighted by atomic mass is 10.1. The zero-order valence-corrected chi connectivity index (χ0v) is 13.6. The van der Waals surface area contributed by atoms with Gasteiger partial charge in [0.15, 0.2) is 0 Å². The van der Waals surface area contributed by atoms with Gasteiger partial charge in [-0.3, -0.25) is 9.89 Å². The minimum Gasteiger partial charge on any atom is -0.346 e. The molecule has 11 heteroatoms. The van der Waals surface area contributed by atoms with Crippen molar-refractivity contribution < 1.29 is 18.0 Å². The first kappa shape index (κ1) is 16.7. The summed E-state index contributed by atoms with van der Waals surface area (Å²) in [5.41, 5.74) is 0.409. The number of hydrogen-bond acceptors (Lipinski definition) is 6. The lowest BCUT2D eigenvalue weighted by Crippen LogP contribution is -2.33. The molecule has 0 saturated carbocycles. The molecule has 7 nitrogen and oxygen atoms in total. The van der Waals surface area contributed by atoms with Crippen LogP contribution in [0, 0.1) is 5.92 Å². The number of aromatic nitrogens is 4. The highest BCUT2D eigenvalue weighted by atomic mass is 32.1. The first-order chi connectivity index (χ1) is 11.3. The van der Waals surface area contributed by atoms with Crippen LogP contribution in [0.5, 0.6) is 0 Å². The lowest BCUT2D eigenvalue weighted by molar-refractivity contribution is -0.138. The third-order valence-electron chi connectivity index (χ3n) is 3.82. The number of anilines is 1. The van der Waals surface area contributed by atoms with E-state index in [2.05, 4.69) is 20.4 Å². The fourth-order valence-electron chi connectivity index (χ4n) is 2.66. The molecule has 1 fully saturated rings. The number of alkyl halides is 3. The molecule has 0 spiro atoms. The van der Waals surface area contributed by atoms with E-state index < -0.39 is 11.2 Å².